The van der Waals surface area contributed by atoms with Crippen molar-refractivity contribution in [3.63, 3.8) is 0 Å². The van der Waals surface area contributed by atoms with Crippen LogP contribution in [-0.4, -0.2) is 48.6 Å². The van der Waals surface area contributed by atoms with Gasteiger partial charge >= 0.3 is 0 Å². The normalized spacial score (nSPS) is 18.0. The van der Waals surface area contributed by atoms with E-state index in [1.165, 1.54) is 7.11 Å². The van der Waals surface area contributed by atoms with Gasteiger partial charge in [0.1, 0.15) is 19.0 Å². The lowest BCUT2D eigenvalue weighted by Crippen LogP contribution is -2.40. The Bertz CT molecular complexity index is 789. The maximum absolute atomic E-state index is 11.5. The molecule has 0 aliphatic carbocycles. The molecule has 0 saturated carbocycles. The highest BCUT2D eigenvalue weighted by Gasteiger charge is 2.24. The maximum Gasteiger partial charge on any atom is 0.246 e. The van der Waals surface area contributed by atoms with Crippen LogP contribution in [0.1, 0.15) is 5.82 Å². The lowest BCUT2D eigenvalue weighted by molar-refractivity contribution is -0.125. The van der Waals surface area contributed by atoms with Crippen LogP contribution in [0.25, 0.3) is 11.3 Å². The second kappa shape index (κ2) is 6.73. The molecule has 0 unspecified atom stereocenters. The number of hydrogen-bond donors (Lipinski definition) is 1. The molecule has 1 atom stereocenters. The molecule has 25 heavy (non-hydrogen) atoms. The summed E-state index contributed by atoms with van der Waals surface area (Å²) >= 11 is 0. The SMILES string of the molecule is COCC(=O)NC[C@H]1Cn2c(-c3ccc4c(c3)OCO4)cnc2CO1. The van der Waals surface area contributed by atoms with Crippen LogP contribution in [0.4, 0.5) is 0 Å². The first kappa shape index (κ1) is 15.9. The van der Waals surface area contributed by atoms with Crippen LogP contribution in [-0.2, 0) is 27.4 Å². The average Bonchev–Trinajstić information content (AvgIpc) is 3.25. The number of rotatable bonds is 5. The van der Waals surface area contributed by atoms with Crippen LogP contribution >= 0.6 is 0 Å². The summed E-state index contributed by atoms with van der Waals surface area (Å²) in [4.78, 5) is 16.0. The van der Waals surface area contributed by atoms with E-state index in [4.69, 9.17) is 18.9 Å². The zero-order chi connectivity index (χ0) is 17.2. The molecule has 0 bridgehead atoms. The molecule has 0 radical (unpaired) electrons. The van der Waals surface area contributed by atoms with Gasteiger partial charge in [-0.15, -0.1) is 0 Å². The highest BCUT2D eigenvalue weighted by atomic mass is 16.7. The molecule has 1 amide bonds. The van der Waals surface area contributed by atoms with Gasteiger partial charge < -0.3 is 28.8 Å². The minimum absolute atomic E-state index is 0.0471. The zero-order valence-electron chi connectivity index (χ0n) is 13.9. The molecule has 4 rings (SSSR count). The fourth-order valence-electron chi connectivity index (χ4n) is 3.00. The smallest absolute Gasteiger partial charge is 0.246 e. The first-order valence-electron chi connectivity index (χ1n) is 8.06. The van der Waals surface area contributed by atoms with Crippen LogP contribution in [0.2, 0.25) is 0 Å². The number of aromatic nitrogens is 2. The molecular formula is C17H19N3O5. The highest BCUT2D eigenvalue weighted by Crippen LogP contribution is 2.36. The Kier molecular flexibility index (Phi) is 4.29. The summed E-state index contributed by atoms with van der Waals surface area (Å²) in [7, 11) is 1.49. The van der Waals surface area contributed by atoms with Gasteiger partial charge in [0.15, 0.2) is 11.5 Å². The van der Waals surface area contributed by atoms with Crippen molar-refractivity contribution in [1.82, 2.24) is 14.9 Å². The van der Waals surface area contributed by atoms with Crippen molar-refractivity contribution in [1.29, 1.82) is 0 Å². The molecule has 8 nitrogen and oxygen atoms in total. The lowest BCUT2D eigenvalue weighted by Gasteiger charge is -2.26. The Morgan fingerprint density at radius 3 is 3.16 bits per heavy atom. The zero-order valence-corrected chi connectivity index (χ0v) is 13.9. The fourth-order valence-corrected chi connectivity index (χ4v) is 3.00. The molecule has 0 fully saturated rings. The Balaban J connectivity index is 1.50. The summed E-state index contributed by atoms with van der Waals surface area (Å²) in [6.07, 6.45) is 1.72. The van der Waals surface area contributed by atoms with E-state index in [-0.39, 0.29) is 25.4 Å². The molecular weight excluding hydrogens is 326 g/mol. The van der Waals surface area contributed by atoms with Gasteiger partial charge in [-0.3, -0.25) is 4.79 Å². The molecule has 1 N–H and O–H groups in total. The third kappa shape index (κ3) is 3.18. The third-order valence-electron chi connectivity index (χ3n) is 4.24. The predicted octanol–water partition coefficient (Wildman–Crippen LogP) is 0.940. The van der Waals surface area contributed by atoms with Crippen LogP contribution in [0.3, 0.4) is 0 Å². The summed E-state index contributed by atoms with van der Waals surface area (Å²) in [6, 6.07) is 5.85. The monoisotopic (exact) mass is 345 g/mol. The van der Waals surface area contributed by atoms with Crippen LogP contribution < -0.4 is 14.8 Å². The number of fused-ring (bicyclic) bond motifs is 2. The molecule has 8 heteroatoms. The second-order valence-electron chi connectivity index (χ2n) is 5.91. The maximum atomic E-state index is 11.5. The van der Waals surface area contributed by atoms with Gasteiger partial charge in [0.05, 0.1) is 24.5 Å². The molecule has 2 aliphatic heterocycles. The summed E-state index contributed by atoms with van der Waals surface area (Å²) < 4.78 is 23.5. The molecule has 0 spiro atoms. The summed E-state index contributed by atoms with van der Waals surface area (Å²) in [6.45, 7) is 1.76. The number of imidazole rings is 1. The first-order chi connectivity index (χ1) is 12.2. The van der Waals surface area contributed by atoms with E-state index in [1.54, 1.807) is 0 Å². The number of carbonyl (C=O) groups is 1. The molecule has 1 aromatic carbocycles. The average molecular weight is 345 g/mol. The van der Waals surface area contributed by atoms with Gasteiger partial charge in [0, 0.05) is 19.2 Å². The van der Waals surface area contributed by atoms with Crippen molar-refractivity contribution in [2.75, 3.05) is 27.1 Å². The first-order valence-corrected chi connectivity index (χ1v) is 8.06. The summed E-state index contributed by atoms with van der Waals surface area (Å²) in [5, 5.41) is 2.81. The van der Waals surface area contributed by atoms with E-state index >= 15 is 0 Å². The fraction of sp³-hybridized carbons (Fsp3) is 0.412. The van der Waals surface area contributed by atoms with Crippen molar-refractivity contribution in [2.45, 2.75) is 19.3 Å². The standard InChI is InChI=1S/C17H19N3O5/c1-22-9-17(21)19-5-12-7-20-13(6-18-16(20)8-23-12)11-2-3-14-15(4-11)25-10-24-14/h2-4,6,12H,5,7-10H2,1H3,(H,19,21)/t12-/m0/s1. The number of amides is 1. The molecule has 2 aromatic rings. The van der Waals surface area contributed by atoms with Gasteiger partial charge in [-0.2, -0.15) is 0 Å². The van der Waals surface area contributed by atoms with Gasteiger partial charge in [0.25, 0.3) is 0 Å². The quantitative estimate of drug-likeness (QED) is 0.868. The van der Waals surface area contributed by atoms with Gasteiger partial charge in [0.2, 0.25) is 12.7 Å². The van der Waals surface area contributed by atoms with Gasteiger partial charge in [-0.05, 0) is 18.2 Å². The van der Waals surface area contributed by atoms with Crippen molar-refractivity contribution < 1.29 is 23.7 Å². The lowest BCUT2D eigenvalue weighted by atomic mass is 10.1. The number of benzene rings is 1. The minimum atomic E-state index is -0.154. The van der Waals surface area contributed by atoms with E-state index < -0.39 is 0 Å². The Labute approximate surface area is 144 Å². The predicted molar refractivity (Wildman–Crippen MR) is 87.2 cm³/mol. The van der Waals surface area contributed by atoms with Crippen LogP contribution in [0.5, 0.6) is 11.5 Å². The molecule has 3 heterocycles. The van der Waals surface area contributed by atoms with Crippen LogP contribution in [0, 0.1) is 0 Å². The van der Waals surface area contributed by atoms with Gasteiger partial charge in [-0.25, -0.2) is 4.98 Å². The topological polar surface area (TPSA) is 83.8 Å². The number of nitrogens with zero attached hydrogens (tertiary/aromatic N) is 2. The number of hydrogen-bond acceptors (Lipinski definition) is 6. The largest absolute Gasteiger partial charge is 0.454 e. The van der Waals surface area contributed by atoms with Crippen molar-refractivity contribution in [3.8, 4) is 22.8 Å². The van der Waals surface area contributed by atoms with E-state index in [0.29, 0.717) is 19.7 Å². The number of methoxy groups -OCH3 is 1. The Hall–Kier alpha value is -2.58. The van der Waals surface area contributed by atoms with Crippen LogP contribution in [0.15, 0.2) is 24.4 Å². The molecule has 0 saturated heterocycles. The second-order valence-corrected chi connectivity index (χ2v) is 5.91. The third-order valence-corrected chi connectivity index (χ3v) is 4.24. The highest BCUT2D eigenvalue weighted by molar-refractivity contribution is 5.77. The van der Waals surface area contributed by atoms with Crippen molar-refractivity contribution in [3.05, 3.63) is 30.2 Å². The van der Waals surface area contributed by atoms with E-state index in [9.17, 15) is 4.79 Å². The van der Waals surface area contributed by atoms with Crippen molar-refractivity contribution >= 4 is 5.91 Å². The number of nitrogens with one attached hydrogen (secondary N) is 1. The van der Waals surface area contributed by atoms with E-state index in [0.717, 1.165) is 28.6 Å². The Morgan fingerprint density at radius 1 is 1.40 bits per heavy atom. The summed E-state index contributed by atoms with van der Waals surface area (Å²) in [5.41, 5.74) is 2.00. The minimum Gasteiger partial charge on any atom is -0.454 e. The number of carbonyl (C=O) groups excluding carboxylic acids is 1. The van der Waals surface area contributed by atoms with Crippen molar-refractivity contribution in [2.24, 2.45) is 0 Å². The molecule has 132 valence electrons. The molecule has 1 aromatic heterocycles. The van der Waals surface area contributed by atoms with E-state index in [1.807, 2.05) is 24.4 Å². The Morgan fingerprint density at radius 2 is 2.28 bits per heavy atom. The molecule has 2 aliphatic rings. The van der Waals surface area contributed by atoms with Gasteiger partial charge in [-0.1, -0.05) is 0 Å². The number of ether oxygens (including phenoxy) is 4. The summed E-state index contributed by atoms with van der Waals surface area (Å²) in [5.74, 6) is 2.21. The van der Waals surface area contributed by atoms with E-state index in [2.05, 4.69) is 14.9 Å².